The third-order valence-corrected chi connectivity index (χ3v) is 6.02. The number of hydrogen-bond acceptors (Lipinski definition) is 6. The molecule has 0 radical (unpaired) electrons. The van der Waals surface area contributed by atoms with Crippen molar-refractivity contribution in [3.8, 4) is 0 Å². The Hall–Kier alpha value is -1.39. The molecule has 0 aliphatic carbocycles. The van der Waals surface area contributed by atoms with E-state index in [0.717, 1.165) is 17.6 Å². The second-order valence-electron chi connectivity index (χ2n) is 4.68. The van der Waals surface area contributed by atoms with E-state index in [1.807, 2.05) is 0 Å². The highest BCUT2D eigenvalue weighted by molar-refractivity contribution is 7.99. The molecule has 122 valence electrons. The number of halogens is 1. The predicted octanol–water partition coefficient (Wildman–Crippen LogP) is 1.52. The Kier molecular flexibility index (Phi) is 5.59. The van der Waals surface area contributed by atoms with Gasteiger partial charge >= 0.3 is 0 Å². The van der Waals surface area contributed by atoms with Crippen LogP contribution in [0.3, 0.4) is 0 Å². The first-order chi connectivity index (χ1) is 10.4. The Morgan fingerprint density at radius 1 is 1.36 bits per heavy atom. The van der Waals surface area contributed by atoms with Crippen LogP contribution in [0.2, 0.25) is 0 Å². The molecule has 0 amide bonds. The molecule has 0 saturated carbocycles. The zero-order valence-corrected chi connectivity index (χ0v) is 13.3. The lowest BCUT2D eigenvalue weighted by Gasteiger charge is -2.25. The first-order valence-electron chi connectivity index (χ1n) is 6.63. The summed E-state index contributed by atoms with van der Waals surface area (Å²) in [5.41, 5.74) is -0.295. The van der Waals surface area contributed by atoms with E-state index in [0.29, 0.717) is 13.1 Å². The standard InChI is InChI=1S/C12H16FN3O4S2/c13-11-9-10(16(17)18)1-2-12(11)14-3-8-22(19,20)15-4-6-21-7-5-15/h1-2,9,14H,3-8H2. The molecule has 1 aromatic rings. The lowest BCUT2D eigenvalue weighted by Crippen LogP contribution is -2.40. The van der Waals surface area contributed by atoms with E-state index in [9.17, 15) is 22.9 Å². The summed E-state index contributed by atoms with van der Waals surface area (Å²) in [5, 5.41) is 13.2. The summed E-state index contributed by atoms with van der Waals surface area (Å²) < 4.78 is 39.3. The maximum atomic E-state index is 13.7. The highest BCUT2D eigenvalue weighted by Gasteiger charge is 2.23. The number of non-ortho nitro benzene ring substituents is 1. The van der Waals surface area contributed by atoms with Gasteiger partial charge in [0.25, 0.3) is 5.69 Å². The van der Waals surface area contributed by atoms with E-state index >= 15 is 0 Å². The van der Waals surface area contributed by atoms with Crippen LogP contribution in [0, 0.1) is 15.9 Å². The van der Waals surface area contributed by atoms with Gasteiger partial charge in [0.1, 0.15) is 0 Å². The van der Waals surface area contributed by atoms with E-state index in [2.05, 4.69) is 5.32 Å². The highest BCUT2D eigenvalue weighted by Crippen LogP contribution is 2.20. The minimum atomic E-state index is -3.36. The second-order valence-corrected chi connectivity index (χ2v) is 7.99. The number of thioether (sulfide) groups is 1. The van der Waals surface area contributed by atoms with Gasteiger partial charge in [0, 0.05) is 37.2 Å². The molecule has 0 unspecified atom stereocenters. The Morgan fingerprint density at radius 2 is 2.05 bits per heavy atom. The van der Waals surface area contributed by atoms with Crippen LogP contribution in [0.15, 0.2) is 18.2 Å². The maximum absolute atomic E-state index is 13.7. The Morgan fingerprint density at radius 3 is 2.64 bits per heavy atom. The van der Waals surface area contributed by atoms with Crippen molar-refractivity contribution >= 4 is 33.2 Å². The molecular formula is C12H16FN3O4S2. The summed E-state index contributed by atoms with van der Waals surface area (Å²) in [4.78, 5) is 9.83. The number of nitro groups is 1. The van der Waals surface area contributed by atoms with Crippen LogP contribution in [-0.4, -0.2) is 54.5 Å². The molecule has 2 rings (SSSR count). The SMILES string of the molecule is O=[N+]([O-])c1ccc(NCCS(=O)(=O)N2CCSCC2)c(F)c1. The quantitative estimate of drug-likeness (QED) is 0.618. The molecule has 0 bridgehead atoms. The van der Waals surface area contributed by atoms with E-state index < -0.39 is 20.8 Å². The third-order valence-electron chi connectivity index (χ3n) is 3.20. The average Bonchev–Trinajstić information content (AvgIpc) is 2.49. The fraction of sp³-hybridized carbons (Fsp3) is 0.500. The largest absolute Gasteiger partial charge is 0.382 e. The molecule has 1 aromatic carbocycles. The van der Waals surface area contributed by atoms with Gasteiger partial charge in [-0.3, -0.25) is 10.1 Å². The van der Waals surface area contributed by atoms with Gasteiger partial charge in [-0.15, -0.1) is 0 Å². The van der Waals surface area contributed by atoms with Crippen LogP contribution in [0.1, 0.15) is 0 Å². The fourth-order valence-electron chi connectivity index (χ4n) is 2.03. The number of nitrogens with zero attached hydrogens (tertiary/aromatic N) is 2. The number of nitro benzene ring substituents is 1. The number of rotatable bonds is 6. The monoisotopic (exact) mass is 349 g/mol. The van der Waals surface area contributed by atoms with Gasteiger partial charge in [-0.25, -0.2) is 17.1 Å². The van der Waals surface area contributed by atoms with Crippen LogP contribution in [0.5, 0.6) is 0 Å². The van der Waals surface area contributed by atoms with E-state index in [-0.39, 0.29) is 23.7 Å². The molecule has 1 N–H and O–H groups in total. The van der Waals surface area contributed by atoms with Crippen molar-refractivity contribution < 1.29 is 17.7 Å². The molecule has 10 heteroatoms. The van der Waals surface area contributed by atoms with E-state index in [1.54, 1.807) is 11.8 Å². The van der Waals surface area contributed by atoms with Crippen molar-refractivity contribution in [1.82, 2.24) is 4.31 Å². The van der Waals surface area contributed by atoms with Crippen LogP contribution < -0.4 is 5.32 Å². The smallest absolute Gasteiger partial charge is 0.272 e. The van der Waals surface area contributed by atoms with Gasteiger partial charge in [-0.2, -0.15) is 11.8 Å². The van der Waals surface area contributed by atoms with Crippen molar-refractivity contribution in [3.05, 3.63) is 34.1 Å². The Bertz CT molecular complexity index is 648. The lowest BCUT2D eigenvalue weighted by molar-refractivity contribution is -0.385. The molecule has 1 heterocycles. The molecule has 1 fully saturated rings. The Balaban J connectivity index is 1.91. The normalized spacial score (nSPS) is 16.4. The van der Waals surface area contributed by atoms with Crippen molar-refractivity contribution in [2.75, 3.05) is 42.2 Å². The molecule has 0 aromatic heterocycles. The molecule has 1 aliphatic rings. The summed E-state index contributed by atoms with van der Waals surface area (Å²) in [6.45, 7) is 1.04. The van der Waals surface area contributed by atoms with Gasteiger partial charge in [0.15, 0.2) is 5.82 Å². The van der Waals surface area contributed by atoms with Gasteiger partial charge in [-0.05, 0) is 6.07 Å². The summed E-state index contributed by atoms with van der Waals surface area (Å²) in [6.07, 6.45) is 0. The molecule has 22 heavy (non-hydrogen) atoms. The number of benzene rings is 1. The molecule has 1 saturated heterocycles. The van der Waals surface area contributed by atoms with Crippen LogP contribution in [-0.2, 0) is 10.0 Å². The molecule has 0 spiro atoms. The summed E-state index contributed by atoms with van der Waals surface area (Å²) in [5.74, 6) is 0.641. The number of anilines is 1. The predicted molar refractivity (Wildman–Crippen MR) is 84.2 cm³/mol. The number of hydrogen-bond donors (Lipinski definition) is 1. The van der Waals surface area contributed by atoms with Crippen molar-refractivity contribution in [3.63, 3.8) is 0 Å². The summed E-state index contributed by atoms with van der Waals surface area (Å²) in [7, 11) is -3.36. The molecule has 1 aliphatic heterocycles. The van der Waals surface area contributed by atoms with Crippen molar-refractivity contribution in [1.29, 1.82) is 0 Å². The zero-order chi connectivity index (χ0) is 16.2. The first kappa shape index (κ1) is 17.0. The van der Waals surface area contributed by atoms with Crippen molar-refractivity contribution in [2.45, 2.75) is 0 Å². The van der Waals surface area contributed by atoms with Gasteiger partial charge in [-0.1, -0.05) is 0 Å². The van der Waals surface area contributed by atoms with Crippen LogP contribution in [0.25, 0.3) is 0 Å². The third kappa shape index (κ3) is 4.31. The van der Waals surface area contributed by atoms with Gasteiger partial charge in [0.2, 0.25) is 10.0 Å². The minimum Gasteiger partial charge on any atom is -0.382 e. The zero-order valence-electron chi connectivity index (χ0n) is 11.7. The topological polar surface area (TPSA) is 92.5 Å². The van der Waals surface area contributed by atoms with Crippen molar-refractivity contribution in [2.24, 2.45) is 0 Å². The Labute approximate surface area is 132 Å². The molecule has 7 nitrogen and oxygen atoms in total. The van der Waals surface area contributed by atoms with Crippen LogP contribution in [0.4, 0.5) is 15.8 Å². The fourth-order valence-corrected chi connectivity index (χ4v) is 4.52. The highest BCUT2D eigenvalue weighted by atomic mass is 32.2. The average molecular weight is 349 g/mol. The van der Waals surface area contributed by atoms with E-state index in [4.69, 9.17) is 0 Å². The number of sulfonamides is 1. The second kappa shape index (κ2) is 7.25. The first-order valence-corrected chi connectivity index (χ1v) is 9.40. The minimum absolute atomic E-state index is 0.0424. The van der Waals surface area contributed by atoms with Crippen LogP contribution >= 0.6 is 11.8 Å². The van der Waals surface area contributed by atoms with E-state index in [1.165, 1.54) is 16.4 Å². The summed E-state index contributed by atoms with van der Waals surface area (Å²) in [6, 6.07) is 3.21. The summed E-state index contributed by atoms with van der Waals surface area (Å²) >= 11 is 1.71. The van der Waals surface area contributed by atoms with Gasteiger partial charge < -0.3 is 5.32 Å². The number of nitrogens with one attached hydrogen (secondary N) is 1. The molecular weight excluding hydrogens is 333 g/mol. The van der Waals surface area contributed by atoms with Gasteiger partial charge in [0.05, 0.1) is 22.4 Å². The lowest BCUT2D eigenvalue weighted by atomic mass is 10.2. The molecule has 0 atom stereocenters. The maximum Gasteiger partial charge on any atom is 0.272 e.